The smallest absolute Gasteiger partial charge is 0.188 e. The van der Waals surface area contributed by atoms with Crippen molar-refractivity contribution in [2.45, 2.75) is 19.4 Å². The van der Waals surface area contributed by atoms with Crippen LogP contribution in [-0.4, -0.2) is 47.7 Å². The Bertz CT molecular complexity index is 458. The Morgan fingerprint density at radius 2 is 2.30 bits per heavy atom. The molecule has 0 aromatic carbocycles. The normalized spacial score (nSPS) is 17.6. The van der Waals surface area contributed by atoms with Crippen molar-refractivity contribution in [2.75, 3.05) is 26.8 Å². The SMILES string of the molecule is CN(Cc1ccnc(C(N)=NO)c1)CC1CCOCC1. The van der Waals surface area contributed by atoms with Crippen LogP contribution < -0.4 is 5.73 Å². The second-order valence-corrected chi connectivity index (χ2v) is 5.29. The van der Waals surface area contributed by atoms with Crippen LogP contribution in [0.4, 0.5) is 0 Å². The van der Waals surface area contributed by atoms with Gasteiger partial charge in [0.25, 0.3) is 0 Å². The van der Waals surface area contributed by atoms with Crippen LogP contribution in [0.15, 0.2) is 23.5 Å². The molecule has 6 nitrogen and oxygen atoms in total. The Kier molecular flexibility index (Phi) is 5.31. The molecule has 1 aromatic rings. The first-order valence-corrected chi connectivity index (χ1v) is 6.88. The molecule has 3 N–H and O–H groups in total. The molecule has 1 aromatic heterocycles. The van der Waals surface area contributed by atoms with Gasteiger partial charge < -0.3 is 20.6 Å². The molecule has 0 amide bonds. The van der Waals surface area contributed by atoms with Gasteiger partial charge in [0.05, 0.1) is 0 Å². The standard InChI is InChI=1S/C14H22N4O2/c1-18(9-11-3-6-20-7-4-11)10-12-2-5-16-13(8-12)14(15)17-19/h2,5,8,11,19H,3-4,6-7,9-10H2,1H3,(H2,15,17). The molecule has 0 saturated carbocycles. The summed E-state index contributed by atoms with van der Waals surface area (Å²) >= 11 is 0. The summed E-state index contributed by atoms with van der Waals surface area (Å²) in [6, 6.07) is 3.81. The first-order valence-electron chi connectivity index (χ1n) is 6.88. The minimum Gasteiger partial charge on any atom is -0.409 e. The van der Waals surface area contributed by atoms with E-state index in [-0.39, 0.29) is 5.84 Å². The van der Waals surface area contributed by atoms with Crippen LogP contribution in [0.3, 0.4) is 0 Å². The van der Waals surface area contributed by atoms with Crippen LogP contribution >= 0.6 is 0 Å². The molecular weight excluding hydrogens is 256 g/mol. The highest BCUT2D eigenvalue weighted by Gasteiger charge is 2.16. The van der Waals surface area contributed by atoms with Crippen molar-refractivity contribution in [3.63, 3.8) is 0 Å². The predicted octanol–water partition coefficient (Wildman–Crippen LogP) is 1.03. The molecule has 0 aliphatic carbocycles. The van der Waals surface area contributed by atoms with Crippen LogP contribution in [-0.2, 0) is 11.3 Å². The molecule has 0 radical (unpaired) electrons. The molecule has 2 heterocycles. The fourth-order valence-corrected chi connectivity index (χ4v) is 2.51. The van der Waals surface area contributed by atoms with E-state index in [0.717, 1.165) is 44.7 Å². The van der Waals surface area contributed by atoms with Gasteiger partial charge in [-0.05, 0) is 43.5 Å². The number of hydrogen-bond donors (Lipinski definition) is 2. The number of hydrogen-bond acceptors (Lipinski definition) is 5. The minimum atomic E-state index is 0.0407. The highest BCUT2D eigenvalue weighted by atomic mass is 16.5. The third-order valence-corrected chi connectivity index (χ3v) is 3.56. The fourth-order valence-electron chi connectivity index (χ4n) is 2.51. The van der Waals surface area contributed by atoms with Gasteiger partial charge in [0, 0.05) is 32.5 Å². The first-order chi connectivity index (χ1) is 9.69. The number of nitrogens with two attached hydrogens (primary N) is 1. The number of oxime groups is 1. The molecule has 20 heavy (non-hydrogen) atoms. The van der Waals surface area contributed by atoms with E-state index in [0.29, 0.717) is 11.6 Å². The van der Waals surface area contributed by atoms with Crippen LogP contribution in [0.25, 0.3) is 0 Å². The number of amidine groups is 1. The molecule has 0 unspecified atom stereocenters. The lowest BCUT2D eigenvalue weighted by Gasteiger charge is -2.27. The van der Waals surface area contributed by atoms with E-state index in [4.69, 9.17) is 15.7 Å². The molecule has 1 saturated heterocycles. The molecule has 0 atom stereocenters. The third kappa shape index (κ3) is 4.18. The monoisotopic (exact) mass is 278 g/mol. The van der Waals surface area contributed by atoms with Crippen LogP contribution in [0, 0.1) is 5.92 Å². The van der Waals surface area contributed by atoms with E-state index >= 15 is 0 Å². The minimum absolute atomic E-state index is 0.0407. The van der Waals surface area contributed by atoms with Gasteiger partial charge in [-0.25, -0.2) is 0 Å². The van der Waals surface area contributed by atoms with Gasteiger partial charge in [-0.1, -0.05) is 5.16 Å². The molecule has 1 aliphatic heterocycles. The Balaban J connectivity index is 1.91. The number of aromatic nitrogens is 1. The molecule has 0 bridgehead atoms. The summed E-state index contributed by atoms with van der Waals surface area (Å²) in [6.45, 7) is 3.64. The number of nitrogens with zero attached hydrogens (tertiary/aromatic N) is 3. The van der Waals surface area contributed by atoms with E-state index in [2.05, 4.69) is 22.1 Å². The number of rotatable bonds is 5. The first kappa shape index (κ1) is 14.7. The third-order valence-electron chi connectivity index (χ3n) is 3.56. The summed E-state index contributed by atoms with van der Waals surface area (Å²) in [6.07, 6.45) is 3.96. The summed E-state index contributed by atoms with van der Waals surface area (Å²) in [7, 11) is 2.11. The van der Waals surface area contributed by atoms with Crippen molar-refractivity contribution in [1.29, 1.82) is 0 Å². The number of pyridine rings is 1. The average Bonchev–Trinajstić information content (AvgIpc) is 2.47. The average molecular weight is 278 g/mol. The summed E-state index contributed by atoms with van der Waals surface area (Å²) in [4.78, 5) is 6.38. The Morgan fingerprint density at radius 1 is 1.55 bits per heavy atom. The molecule has 6 heteroatoms. The second kappa shape index (κ2) is 7.21. The Labute approximate surface area is 119 Å². The molecule has 1 fully saturated rings. The Hall–Kier alpha value is -1.66. The van der Waals surface area contributed by atoms with Gasteiger partial charge in [-0.15, -0.1) is 0 Å². The van der Waals surface area contributed by atoms with Gasteiger partial charge in [0.15, 0.2) is 5.84 Å². The largest absolute Gasteiger partial charge is 0.409 e. The summed E-state index contributed by atoms with van der Waals surface area (Å²) in [5, 5.41) is 11.7. The van der Waals surface area contributed by atoms with E-state index in [1.807, 2.05) is 12.1 Å². The van der Waals surface area contributed by atoms with Crippen molar-refractivity contribution in [3.05, 3.63) is 29.6 Å². The molecule has 1 aliphatic rings. The highest BCUT2D eigenvalue weighted by Crippen LogP contribution is 2.16. The molecule has 110 valence electrons. The molecule has 0 spiro atoms. The predicted molar refractivity (Wildman–Crippen MR) is 76.6 cm³/mol. The Morgan fingerprint density at radius 3 is 3.00 bits per heavy atom. The van der Waals surface area contributed by atoms with E-state index < -0.39 is 0 Å². The summed E-state index contributed by atoms with van der Waals surface area (Å²) in [5.74, 6) is 0.748. The zero-order valence-electron chi connectivity index (χ0n) is 11.8. The van der Waals surface area contributed by atoms with Gasteiger partial charge in [-0.2, -0.15) is 0 Å². The topological polar surface area (TPSA) is 84.0 Å². The van der Waals surface area contributed by atoms with Crippen molar-refractivity contribution in [3.8, 4) is 0 Å². The van der Waals surface area contributed by atoms with Crippen LogP contribution in [0.2, 0.25) is 0 Å². The van der Waals surface area contributed by atoms with Gasteiger partial charge >= 0.3 is 0 Å². The second-order valence-electron chi connectivity index (χ2n) is 5.29. The lowest BCUT2D eigenvalue weighted by Crippen LogP contribution is -2.29. The lowest BCUT2D eigenvalue weighted by molar-refractivity contribution is 0.0549. The van der Waals surface area contributed by atoms with Gasteiger partial charge in [0.1, 0.15) is 5.69 Å². The zero-order valence-corrected chi connectivity index (χ0v) is 11.8. The maximum absolute atomic E-state index is 8.68. The summed E-state index contributed by atoms with van der Waals surface area (Å²) < 4.78 is 5.38. The van der Waals surface area contributed by atoms with Crippen molar-refractivity contribution in [1.82, 2.24) is 9.88 Å². The summed E-state index contributed by atoms with van der Waals surface area (Å²) in [5.41, 5.74) is 7.17. The maximum atomic E-state index is 8.68. The fraction of sp³-hybridized carbons (Fsp3) is 0.571. The van der Waals surface area contributed by atoms with Gasteiger partial charge in [0.2, 0.25) is 0 Å². The lowest BCUT2D eigenvalue weighted by atomic mass is 10.00. The zero-order chi connectivity index (χ0) is 14.4. The van der Waals surface area contributed by atoms with E-state index in [1.165, 1.54) is 0 Å². The molecular formula is C14H22N4O2. The van der Waals surface area contributed by atoms with Crippen LogP contribution in [0.5, 0.6) is 0 Å². The maximum Gasteiger partial charge on any atom is 0.188 e. The van der Waals surface area contributed by atoms with Crippen molar-refractivity contribution < 1.29 is 9.94 Å². The van der Waals surface area contributed by atoms with E-state index in [1.54, 1.807) is 6.20 Å². The quantitative estimate of drug-likeness (QED) is 0.364. The highest BCUT2D eigenvalue weighted by molar-refractivity contribution is 5.95. The number of ether oxygens (including phenoxy) is 1. The van der Waals surface area contributed by atoms with E-state index in [9.17, 15) is 0 Å². The van der Waals surface area contributed by atoms with Crippen molar-refractivity contribution >= 4 is 5.84 Å². The van der Waals surface area contributed by atoms with Gasteiger partial charge in [-0.3, -0.25) is 4.98 Å². The van der Waals surface area contributed by atoms with Crippen molar-refractivity contribution in [2.24, 2.45) is 16.8 Å². The molecule has 2 rings (SSSR count). The van der Waals surface area contributed by atoms with Crippen LogP contribution in [0.1, 0.15) is 24.1 Å².